The van der Waals surface area contributed by atoms with Crippen LogP contribution in [0.15, 0.2) is 82.4 Å². The number of sulfone groups is 1. The molecular weight excluding hydrogens is 528 g/mol. The minimum absolute atomic E-state index is 0.0154. The second-order valence-corrected chi connectivity index (χ2v) is 11.1. The summed E-state index contributed by atoms with van der Waals surface area (Å²) in [6, 6.07) is 14.3. The monoisotopic (exact) mass is 552 g/mol. The highest BCUT2D eigenvalue weighted by atomic mass is 32.2. The van der Waals surface area contributed by atoms with Gasteiger partial charge in [-0.1, -0.05) is 11.2 Å². The van der Waals surface area contributed by atoms with Crippen molar-refractivity contribution in [2.24, 2.45) is 5.16 Å². The number of oxime groups is 1. The van der Waals surface area contributed by atoms with Gasteiger partial charge in [0.25, 0.3) is 5.91 Å². The summed E-state index contributed by atoms with van der Waals surface area (Å²) in [6.45, 7) is 1.72. The zero-order valence-corrected chi connectivity index (χ0v) is 22.0. The molecule has 0 spiro atoms. The number of nitrogens with one attached hydrogen (secondary N) is 2. The average molecular weight is 553 g/mol. The van der Waals surface area contributed by atoms with Crippen LogP contribution in [0.3, 0.4) is 0 Å². The molecule has 0 saturated heterocycles. The van der Waals surface area contributed by atoms with Crippen molar-refractivity contribution in [1.29, 1.82) is 0 Å². The van der Waals surface area contributed by atoms with Crippen LogP contribution in [0, 0.1) is 6.92 Å². The normalized spacial score (nSPS) is 12.3. The van der Waals surface area contributed by atoms with Crippen molar-refractivity contribution in [2.75, 3.05) is 12.4 Å². The third-order valence-corrected chi connectivity index (χ3v) is 8.72. The Hall–Kier alpha value is -4.26. The second kappa shape index (κ2) is 11.4. The van der Waals surface area contributed by atoms with Crippen LogP contribution in [0.25, 0.3) is 10.4 Å². The van der Waals surface area contributed by atoms with Crippen LogP contribution in [-0.4, -0.2) is 43.0 Å². The molecule has 0 saturated carbocycles. The van der Waals surface area contributed by atoms with Gasteiger partial charge in [0.2, 0.25) is 9.84 Å². The summed E-state index contributed by atoms with van der Waals surface area (Å²) >= 11 is 1.37. The lowest BCUT2D eigenvalue weighted by Gasteiger charge is -2.24. The van der Waals surface area contributed by atoms with E-state index < -0.39 is 21.1 Å². The summed E-state index contributed by atoms with van der Waals surface area (Å²) < 4.78 is 32.9. The van der Waals surface area contributed by atoms with Crippen LogP contribution in [-0.2, 0) is 9.84 Å². The van der Waals surface area contributed by atoms with Crippen LogP contribution >= 0.6 is 11.3 Å². The van der Waals surface area contributed by atoms with Gasteiger partial charge in [0.15, 0.2) is 5.37 Å². The number of aryl methyl sites for hydroxylation is 1. The van der Waals surface area contributed by atoms with Crippen molar-refractivity contribution >= 4 is 39.0 Å². The van der Waals surface area contributed by atoms with Crippen LogP contribution in [0.5, 0.6) is 5.75 Å². The van der Waals surface area contributed by atoms with Crippen molar-refractivity contribution in [2.45, 2.75) is 17.2 Å². The lowest BCUT2D eigenvalue weighted by atomic mass is 10.00. The van der Waals surface area contributed by atoms with E-state index in [0.717, 1.165) is 4.88 Å². The Morgan fingerprint density at radius 2 is 1.95 bits per heavy atom. The number of carbonyl (C=O) groups excluding carboxylic acids is 1. The number of amides is 1. The number of hydrogen-bond donors (Lipinski definition) is 4. The molecule has 4 aromatic rings. The molecule has 0 aliphatic rings. The fraction of sp³-hybridized carbons (Fsp3) is 0.115. The first-order valence-electron chi connectivity index (χ1n) is 11.2. The molecule has 4 rings (SSSR count). The largest absolute Gasteiger partial charge is 0.497 e. The van der Waals surface area contributed by atoms with Crippen molar-refractivity contribution in [3.05, 3.63) is 94.6 Å². The highest BCUT2D eigenvalue weighted by Crippen LogP contribution is 2.37. The molecule has 0 aliphatic carbocycles. The lowest BCUT2D eigenvalue weighted by Crippen LogP contribution is -2.26. The zero-order valence-electron chi connectivity index (χ0n) is 20.3. The molecule has 1 unspecified atom stereocenters. The van der Waals surface area contributed by atoms with E-state index in [0.29, 0.717) is 28.0 Å². The van der Waals surface area contributed by atoms with Crippen LogP contribution in [0.1, 0.15) is 32.4 Å². The molecule has 2 aromatic carbocycles. The Bertz CT molecular complexity index is 1570. The number of thiophene rings is 1. The van der Waals surface area contributed by atoms with Gasteiger partial charge in [0, 0.05) is 28.4 Å². The molecule has 0 aliphatic heterocycles. The van der Waals surface area contributed by atoms with Crippen LogP contribution in [0.4, 0.5) is 5.69 Å². The number of methoxy groups -OCH3 is 1. The maximum absolute atomic E-state index is 13.9. The molecule has 2 aromatic heterocycles. The highest BCUT2D eigenvalue weighted by molar-refractivity contribution is 7.91. The first-order chi connectivity index (χ1) is 18.3. The fourth-order valence-corrected chi connectivity index (χ4v) is 6.39. The topological polar surface area (TPSA) is 150 Å². The van der Waals surface area contributed by atoms with Gasteiger partial charge in [-0.05, 0) is 72.0 Å². The predicted molar refractivity (Wildman–Crippen MR) is 144 cm³/mol. The van der Waals surface area contributed by atoms with Gasteiger partial charge in [-0.2, -0.15) is 0 Å². The van der Waals surface area contributed by atoms with Crippen LogP contribution in [0.2, 0.25) is 0 Å². The fourth-order valence-electron chi connectivity index (χ4n) is 3.97. The number of benzene rings is 2. The third-order valence-electron chi connectivity index (χ3n) is 5.80. The summed E-state index contributed by atoms with van der Waals surface area (Å²) in [4.78, 5) is 17.6. The van der Waals surface area contributed by atoms with Crippen molar-refractivity contribution in [3.8, 4) is 16.2 Å². The maximum atomic E-state index is 13.9. The number of anilines is 1. The molecule has 1 atom stereocenters. The number of carbonyl (C=O) groups is 1. The first-order valence-corrected chi connectivity index (χ1v) is 13.6. The second-order valence-electron chi connectivity index (χ2n) is 8.14. The summed E-state index contributed by atoms with van der Waals surface area (Å²) in [5.74, 6) is -0.333. The molecule has 12 heteroatoms. The predicted octanol–water partition coefficient (Wildman–Crippen LogP) is 4.64. The van der Waals surface area contributed by atoms with Gasteiger partial charge in [0.05, 0.1) is 29.5 Å². The van der Waals surface area contributed by atoms with E-state index in [2.05, 4.69) is 15.5 Å². The van der Waals surface area contributed by atoms with Gasteiger partial charge >= 0.3 is 0 Å². The SMILES string of the molecule is COc1ccc(S(=O)(=O)C(Nc2c(C)cc(-c3sccc3/C=N\O)cc2C(=O)NO)c2cccnc2)cc1. The minimum Gasteiger partial charge on any atom is -0.497 e. The quantitative estimate of drug-likeness (QED) is 0.102. The smallest absolute Gasteiger partial charge is 0.276 e. The molecule has 1 amide bonds. The lowest BCUT2D eigenvalue weighted by molar-refractivity contribution is 0.0707. The number of rotatable bonds is 9. The Labute approximate surface area is 223 Å². The van der Waals surface area contributed by atoms with E-state index in [1.54, 1.807) is 54.2 Å². The summed E-state index contributed by atoms with van der Waals surface area (Å²) in [5, 5.41) is 25.1. The van der Waals surface area contributed by atoms with Gasteiger partial charge in [0.1, 0.15) is 5.75 Å². The highest BCUT2D eigenvalue weighted by Gasteiger charge is 2.31. The Morgan fingerprint density at radius 3 is 2.58 bits per heavy atom. The van der Waals surface area contributed by atoms with E-state index in [9.17, 15) is 18.4 Å². The first kappa shape index (κ1) is 26.8. The molecule has 0 radical (unpaired) electrons. The van der Waals surface area contributed by atoms with E-state index in [4.69, 9.17) is 9.94 Å². The van der Waals surface area contributed by atoms with E-state index in [1.807, 2.05) is 0 Å². The number of nitrogens with zero attached hydrogens (tertiary/aromatic N) is 2. The standard InChI is InChI=1S/C26H24N4O6S2/c1-16-12-19(24-17(15-28-32)9-11-37-24)13-22(25(31)30-33)23(16)29-26(18-4-3-10-27-14-18)38(34,35)21-7-5-20(36-2)6-8-21/h3-15,26,29,32-33H,1-2H3,(H,30,31)/b28-15-. The molecule has 0 bridgehead atoms. The molecule has 196 valence electrons. The Balaban J connectivity index is 1.86. The zero-order chi connectivity index (χ0) is 27.3. The van der Waals surface area contributed by atoms with Crippen molar-refractivity contribution in [3.63, 3.8) is 0 Å². The van der Waals surface area contributed by atoms with Gasteiger partial charge in [-0.3, -0.25) is 15.0 Å². The number of aromatic nitrogens is 1. The van der Waals surface area contributed by atoms with E-state index in [-0.39, 0.29) is 16.1 Å². The summed E-state index contributed by atoms with van der Waals surface area (Å²) in [5.41, 5.74) is 4.00. The molecule has 38 heavy (non-hydrogen) atoms. The van der Waals surface area contributed by atoms with Gasteiger partial charge in [-0.25, -0.2) is 13.9 Å². The van der Waals surface area contributed by atoms with Gasteiger partial charge < -0.3 is 15.3 Å². The number of hydrogen-bond acceptors (Lipinski definition) is 10. The Morgan fingerprint density at radius 1 is 1.18 bits per heavy atom. The third kappa shape index (κ3) is 5.37. The number of pyridine rings is 1. The minimum atomic E-state index is -4.05. The molecule has 4 N–H and O–H groups in total. The maximum Gasteiger partial charge on any atom is 0.276 e. The average Bonchev–Trinajstić information content (AvgIpc) is 3.40. The molecule has 0 fully saturated rings. The van der Waals surface area contributed by atoms with Crippen molar-refractivity contribution in [1.82, 2.24) is 10.5 Å². The van der Waals surface area contributed by atoms with Crippen molar-refractivity contribution < 1.29 is 28.4 Å². The van der Waals surface area contributed by atoms with E-state index >= 15 is 0 Å². The number of ether oxygens (including phenoxy) is 1. The number of hydroxylamine groups is 1. The van der Waals surface area contributed by atoms with E-state index in [1.165, 1.54) is 55.3 Å². The Kier molecular flexibility index (Phi) is 8.05. The van der Waals surface area contributed by atoms with Gasteiger partial charge in [-0.15, -0.1) is 11.3 Å². The molecule has 2 heterocycles. The summed E-state index contributed by atoms with van der Waals surface area (Å²) in [6.07, 6.45) is 4.24. The molecule has 10 nitrogen and oxygen atoms in total. The summed E-state index contributed by atoms with van der Waals surface area (Å²) in [7, 11) is -2.57. The van der Waals surface area contributed by atoms with Crippen LogP contribution < -0.4 is 15.5 Å². The molecular formula is C26H24N4O6S2.